The SMILES string of the molecule is C=CCN1C(=S)NC(c2ccc(OC)c(OC)c2)C(c2nc(-c3cccc(F)c3)no2)=C1C. The third kappa shape index (κ3) is 4.31. The Balaban J connectivity index is 1.84. The maximum Gasteiger partial charge on any atom is 0.258 e. The maximum atomic E-state index is 13.7. The Kier molecular flexibility index (Phi) is 6.41. The summed E-state index contributed by atoms with van der Waals surface area (Å²) in [5.41, 5.74) is 2.97. The van der Waals surface area contributed by atoms with Crippen molar-refractivity contribution in [2.24, 2.45) is 0 Å². The van der Waals surface area contributed by atoms with Crippen molar-refractivity contribution in [3.8, 4) is 22.9 Å². The van der Waals surface area contributed by atoms with Gasteiger partial charge in [0, 0.05) is 17.8 Å². The number of allylic oxidation sites excluding steroid dienone is 1. The van der Waals surface area contributed by atoms with E-state index in [2.05, 4.69) is 22.0 Å². The molecule has 1 aromatic heterocycles. The molecule has 1 aliphatic heterocycles. The minimum atomic E-state index is -0.390. The number of nitrogens with one attached hydrogen (secondary N) is 1. The van der Waals surface area contributed by atoms with Crippen LogP contribution < -0.4 is 14.8 Å². The first kappa shape index (κ1) is 22.5. The van der Waals surface area contributed by atoms with E-state index in [0.717, 1.165) is 16.8 Å². The number of halogens is 1. The summed E-state index contributed by atoms with van der Waals surface area (Å²) in [6, 6.07) is 11.3. The molecule has 1 unspecified atom stereocenters. The zero-order valence-electron chi connectivity index (χ0n) is 18.5. The molecule has 1 aliphatic rings. The molecule has 170 valence electrons. The number of benzene rings is 2. The van der Waals surface area contributed by atoms with E-state index in [4.69, 9.17) is 26.2 Å². The summed E-state index contributed by atoms with van der Waals surface area (Å²) in [5, 5.41) is 7.99. The molecule has 9 heteroatoms. The normalized spacial score (nSPS) is 15.9. The second-order valence-electron chi connectivity index (χ2n) is 7.33. The predicted octanol–water partition coefficient (Wildman–Crippen LogP) is 4.74. The van der Waals surface area contributed by atoms with Crippen LogP contribution in [0.1, 0.15) is 24.4 Å². The fourth-order valence-electron chi connectivity index (χ4n) is 3.77. The third-order valence-electron chi connectivity index (χ3n) is 5.39. The fraction of sp³-hybridized carbons (Fsp3) is 0.208. The number of hydrogen-bond donors (Lipinski definition) is 1. The van der Waals surface area contributed by atoms with Gasteiger partial charge in [0.25, 0.3) is 5.89 Å². The summed E-state index contributed by atoms with van der Waals surface area (Å²) in [6.07, 6.45) is 1.76. The van der Waals surface area contributed by atoms with E-state index in [0.29, 0.717) is 40.4 Å². The number of methoxy groups -OCH3 is 2. The van der Waals surface area contributed by atoms with Crippen molar-refractivity contribution in [1.29, 1.82) is 0 Å². The third-order valence-corrected chi connectivity index (χ3v) is 5.73. The summed E-state index contributed by atoms with van der Waals surface area (Å²) < 4.78 is 30.2. The van der Waals surface area contributed by atoms with Gasteiger partial charge in [-0.2, -0.15) is 4.98 Å². The van der Waals surface area contributed by atoms with Crippen LogP contribution in [0.4, 0.5) is 4.39 Å². The molecule has 2 aromatic carbocycles. The van der Waals surface area contributed by atoms with Crippen molar-refractivity contribution in [3.05, 3.63) is 78.1 Å². The molecular formula is C24H23FN4O3S. The van der Waals surface area contributed by atoms with E-state index in [1.165, 1.54) is 12.1 Å². The molecule has 0 amide bonds. The molecule has 2 heterocycles. The number of nitrogens with zero attached hydrogens (tertiary/aromatic N) is 3. The van der Waals surface area contributed by atoms with Crippen molar-refractivity contribution in [2.75, 3.05) is 20.8 Å². The summed E-state index contributed by atoms with van der Waals surface area (Å²) in [5.74, 6) is 1.41. The Morgan fingerprint density at radius 3 is 2.70 bits per heavy atom. The number of rotatable bonds is 7. The first-order valence-electron chi connectivity index (χ1n) is 10.2. The Labute approximate surface area is 196 Å². The fourth-order valence-corrected chi connectivity index (χ4v) is 4.10. The van der Waals surface area contributed by atoms with Gasteiger partial charge in [-0.05, 0) is 49.0 Å². The molecule has 0 fully saturated rings. The molecule has 4 rings (SSSR count). The van der Waals surface area contributed by atoms with Crippen molar-refractivity contribution < 1.29 is 18.4 Å². The zero-order valence-corrected chi connectivity index (χ0v) is 19.3. The molecule has 7 nitrogen and oxygen atoms in total. The van der Waals surface area contributed by atoms with Gasteiger partial charge >= 0.3 is 0 Å². The van der Waals surface area contributed by atoms with Gasteiger partial charge in [-0.1, -0.05) is 29.4 Å². The van der Waals surface area contributed by atoms with E-state index in [9.17, 15) is 4.39 Å². The highest BCUT2D eigenvalue weighted by atomic mass is 32.1. The standard InChI is InChI=1S/C24H23FN4O3S/c1-5-11-29-14(2)20(23-27-22(28-32-23)16-7-6-8-17(25)12-16)21(26-24(29)33)15-9-10-18(30-3)19(13-15)31-4/h5-10,12-13,21H,1,11H2,2-4H3,(H,26,33). The Morgan fingerprint density at radius 1 is 1.21 bits per heavy atom. The van der Waals surface area contributed by atoms with Crippen molar-refractivity contribution in [3.63, 3.8) is 0 Å². The number of ether oxygens (including phenoxy) is 2. The molecule has 0 saturated carbocycles. The van der Waals surface area contributed by atoms with E-state index in [1.807, 2.05) is 30.0 Å². The van der Waals surface area contributed by atoms with Crippen molar-refractivity contribution in [1.82, 2.24) is 20.4 Å². The highest BCUT2D eigenvalue weighted by Crippen LogP contribution is 2.40. The average Bonchev–Trinajstić information content (AvgIpc) is 3.30. The van der Waals surface area contributed by atoms with Crippen LogP contribution in [0, 0.1) is 5.82 Å². The van der Waals surface area contributed by atoms with Gasteiger partial charge in [0.1, 0.15) is 5.82 Å². The Morgan fingerprint density at radius 2 is 2.00 bits per heavy atom. The lowest BCUT2D eigenvalue weighted by molar-refractivity contribution is 0.354. The molecule has 3 aromatic rings. The Bertz CT molecular complexity index is 1240. The average molecular weight is 467 g/mol. The van der Waals surface area contributed by atoms with Crippen LogP contribution in [0.25, 0.3) is 17.0 Å². The van der Waals surface area contributed by atoms with Gasteiger partial charge in [0.2, 0.25) is 5.82 Å². The molecule has 0 spiro atoms. The summed E-state index contributed by atoms with van der Waals surface area (Å²) in [4.78, 5) is 6.48. The van der Waals surface area contributed by atoms with Crippen LogP contribution >= 0.6 is 12.2 Å². The number of aromatic nitrogens is 2. The second-order valence-corrected chi connectivity index (χ2v) is 7.72. The van der Waals surface area contributed by atoms with Gasteiger partial charge in [-0.3, -0.25) is 0 Å². The summed E-state index contributed by atoms with van der Waals surface area (Å²) in [6.45, 7) is 6.26. The molecule has 0 bridgehead atoms. The first-order chi connectivity index (χ1) is 16.0. The smallest absolute Gasteiger partial charge is 0.258 e. The van der Waals surface area contributed by atoms with E-state index in [1.54, 1.807) is 32.4 Å². The van der Waals surface area contributed by atoms with Gasteiger partial charge < -0.3 is 24.2 Å². The Hall–Kier alpha value is -3.72. The van der Waals surface area contributed by atoms with Gasteiger partial charge in [-0.25, -0.2) is 4.39 Å². The van der Waals surface area contributed by atoms with Crippen LogP contribution in [0.15, 0.2) is 65.3 Å². The zero-order chi connectivity index (χ0) is 23.5. The quantitative estimate of drug-likeness (QED) is 0.395. The summed E-state index contributed by atoms with van der Waals surface area (Å²) >= 11 is 5.62. The predicted molar refractivity (Wildman–Crippen MR) is 127 cm³/mol. The molecule has 1 atom stereocenters. The van der Waals surface area contributed by atoms with E-state index >= 15 is 0 Å². The largest absolute Gasteiger partial charge is 0.493 e. The molecule has 0 aliphatic carbocycles. The van der Waals surface area contributed by atoms with Crippen LogP contribution in [0.2, 0.25) is 0 Å². The lowest BCUT2D eigenvalue weighted by Gasteiger charge is -2.37. The first-order valence-corrected chi connectivity index (χ1v) is 10.6. The lowest BCUT2D eigenvalue weighted by atomic mass is 9.94. The van der Waals surface area contributed by atoms with Crippen LogP contribution in [-0.2, 0) is 0 Å². The topological polar surface area (TPSA) is 72.7 Å². The van der Waals surface area contributed by atoms with Crippen LogP contribution in [0.5, 0.6) is 11.5 Å². The maximum absolute atomic E-state index is 13.7. The molecule has 1 N–H and O–H groups in total. The van der Waals surface area contributed by atoms with Crippen LogP contribution in [-0.4, -0.2) is 40.9 Å². The number of hydrogen-bond acceptors (Lipinski definition) is 6. The highest BCUT2D eigenvalue weighted by Gasteiger charge is 2.34. The molecule has 0 saturated heterocycles. The molecule has 0 radical (unpaired) electrons. The van der Waals surface area contributed by atoms with Gasteiger partial charge in [0.15, 0.2) is 16.6 Å². The van der Waals surface area contributed by atoms with Crippen LogP contribution in [0.3, 0.4) is 0 Å². The lowest BCUT2D eigenvalue weighted by Crippen LogP contribution is -2.45. The van der Waals surface area contributed by atoms with E-state index < -0.39 is 0 Å². The van der Waals surface area contributed by atoms with Crippen molar-refractivity contribution in [2.45, 2.75) is 13.0 Å². The summed E-state index contributed by atoms with van der Waals surface area (Å²) in [7, 11) is 3.16. The highest BCUT2D eigenvalue weighted by molar-refractivity contribution is 7.80. The second kappa shape index (κ2) is 9.41. The monoisotopic (exact) mass is 466 g/mol. The minimum Gasteiger partial charge on any atom is -0.493 e. The van der Waals surface area contributed by atoms with Gasteiger partial charge in [0.05, 0.1) is 25.8 Å². The van der Waals surface area contributed by atoms with Crippen molar-refractivity contribution >= 4 is 22.9 Å². The van der Waals surface area contributed by atoms with E-state index in [-0.39, 0.29) is 11.9 Å². The number of thiocarbonyl (C=S) groups is 1. The minimum absolute atomic E-state index is 0.291. The molecule has 33 heavy (non-hydrogen) atoms. The van der Waals surface area contributed by atoms with Gasteiger partial charge in [-0.15, -0.1) is 6.58 Å². The molecular weight excluding hydrogens is 443 g/mol.